The quantitative estimate of drug-likeness (QED) is 0.439. The van der Waals surface area contributed by atoms with Gasteiger partial charge in [0.25, 0.3) is 6.08 Å². The van der Waals surface area contributed by atoms with Gasteiger partial charge < -0.3 is 0 Å². The average Bonchev–Trinajstić information content (AvgIpc) is 2.59. The second-order valence-electron chi connectivity index (χ2n) is 5.90. The number of rotatable bonds is 5. The molecule has 0 N–H and O–H groups in total. The first-order chi connectivity index (χ1) is 12.1. The molecule has 3 rings (SSSR count). The molecule has 0 atom stereocenters. The van der Waals surface area contributed by atoms with Gasteiger partial charge in [0.15, 0.2) is 0 Å². The van der Waals surface area contributed by atoms with E-state index in [2.05, 4.69) is 6.58 Å². The molecule has 3 aromatic rings. The molecular weight excluding hydrogens is 321 g/mol. The number of hydrogen-bond acceptors (Lipinski definition) is 0. The molecule has 25 heavy (non-hydrogen) atoms. The van der Waals surface area contributed by atoms with E-state index in [4.69, 9.17) is 0 Å². The zero-order chi connectivity index (χ0) is 17.8. The van der Waals surface area contributed by atoms with Gasteiger partial charge >= 0.3 is 0 Å². The molecule has 3 aromatic carbocycles. The second kappa shape index (κ2) is 7.39. The lowest BCUT2D eigenvalue weighted by Crippen LogP contribution is -1.90. The Hall–Kier alpha value is -2.81. The number of halogens is 3. The smallest absolute Gasteiger partial charge is 0.206 e. The Morgan fingerprint density at radius 1 is 0.920 bits per heavy atom. The van der Waals surface area contributed by atoms with Gasteiger partial charge in [-0.3, -0.25) is 0 Å². The molecule has 0 aliphatic rings. The number of aryl methyl sites for hydroxylation is 1. The van der Waals surface area contributed by atoms with Crippen LogP contribution in [0, 0.1) is 5.82 Å². The second-order valence-corrected chi connectivity index (χ2v) is 5.90. The van der Waals surface area contributed by atoms with Crippen molar-refractivity contribution in [3.8, 4) is 11.1 Å². The van der Waals surface area contributed by atoms with E-state index in [-0.39, 0.29) is 5.82 Å². The van der Waals surface area contributed by atoms with Crippen molar-refractivity contribution >= 4 is 16.8 Å². The van der Waals surface area contributed by atoms with Crippen LogP contribution in [-0.2, 0) is 6.42 Å². The van der Waals surface area contributed by atoms with Crippen molar-refractivity contribution in [1.82, 2.24) is 0 Å². The molecular formula is C22H17F3. The summed E-state index contributed by atoms with van der Waals surface area (Å²) in [6, 6.07) is 15.8. The van der Waals surface area contributed by atoms with Crippen LogP contribution in [0.3, 0.4) is 0 Å². The normalized spacial score (nSPS) is 10.7. The molecule has 0 heterocycles. The lowest BCUT2D eigenvalue weighted by molar-refractivity contribution is 0.429. The molecule has 0 unspecified atom stereocenters. The monoisotopic (exact) mass is 338 g/mol. The van der Waals surface area contributed by atoms with E-state index in [1.54, 1.807) is 30.3 Å². The van der Waals surface area contributed by atoms with Gasteiger partial charge in [-0.05, 0) is 58.5 Å². The van der Waals surface area contributed by atoms with E-state index in [0.29, 0.717) is 11.1 Å². The molecule has 0 amide bonds. The van der Waals surface area contributed by atoms with Crippen LogP contribution in [0.1, 0.15) is 17.5 Å². The number of allylic oxidation sites excluding steroid dienone is 1. The minimum absolute atomic E-state index is 0.264. The Balaban J connectivity index is 1.96. The van der Waals surface area contributed by atoms with Crippen LogP contribution in [-0.4, -0.2) is 0 Å². The van der Waals surface area contributed by atoms with E-state index < -0.39 is 6.08 Å². The van der Waals surface area contributed by atoms with Crippen molar-refractivity contribution in [2.45, 2.75) is 12.8 Å². The topological polar surface area (TPSA) is 0 Å². The fraction of sp³-hybridized carbons (Fsp3) is 0.0909. The summed E-state index contributed by atoms with van der Waals surface area (Å²) < 4.78 is 39.2. The van der Waals surface area contributed by atoms with E-state index in [1.807, 2.05) is 30.3 Å². The summed E-state index contributed by atoms with van der Waals surface area (Å²) in [5, 5.41) is 1.71. The minimum atomic E-state index is -1.73. The van der Waals surface area contributed by atoms with Gasteiger partial charge in [-0.15, -0.1) is 6.58 Å². The highest BCUT2D eigenvalue weighted by molar-refractivity contribution is 5.89. The lowest BCUT2D eigenvalue weighted by Gasteiger charge is -2.08. The molecule has 0 aliphatic carbocycles. The van der Waals surface area contributed by atoms with Crippen molar-refractivity contribution < 1.29 is 13.2 Å². The van der Waals surface area contributed by atoms with E-state index >= 15 is 0 Å². The van der Waals surface area contributed by atoms with Gasteiger partial charge in [0.05, 0.1) is 0 Å². The first-order valence-corrected chi connectivity index (χ1v) is 8.03. The standard InChI is InChI=1S/C22H17F3/c1-2-3-4-15-6-10-20(21(23)12-15)19-9-8-17-11-16(13-22(24)25)5-7-18(17)14-19/h2,5-14H,1,3-4H2. The number of hydrogen-bond donors (Lipinski definition) is 0. The van der Waals surface area contributed by atoms with Crippen LogP contribution in [0.5, 0.6) is 0 Å². The Bertz CT molecular complexity index is 951. The molecule has 0 radical (unpaired) electrons. The van der Waals surface area contributed by atoms with Crippen molar-refractivity contribution in [2.24, 2.45) is 0 Å². The molecule has 0 saturated heterocycles. The molecule has 0 saturated carbocycles. The predicted molar refractivity (Wildman–Crippen MR) is 98.1 cm³/mol. The van der Waals surface area contributed by atoms with Gasteiger partial charge in [0.1, 0.15) is 5.82 Å². The third kappa shape index (κ3) is 4.00. The maximum atomic E-state index is 14.5. The molecule has 3 heteroatoms. The van der Waals surface area contributed by atoms with Crippen LogP contribution >= 0.6 is 0 Å². The SMILES string of the molecule is C=CCCc1ccc(-c2ccc3cc(C=C(F)F)ccc3c2)c(F)c1. The first kappa shape index (κ1) is 17.0. The first-order valence-electron chi connectivity index (χ1n) is 8.03. The largest absolute Gasteiger partial charge is 0.270 e. The fourth-order valence-electron chi connectivity index (χ4n) is 2.86. The minimum Gasteiger partial charge on any atom is -0.206 e. The van der Waals surface area contributed by atoms with Crippen molar-refractivity contribution in [3.05, 3.63) is 90.3 Å². The Labute approximate surface area is 144 Å². The third-order valence-electron chi connectivity index (χ3n) is 4.12. The van der Waals surface area contributed by atoms with Crippen LogP contribution in [0.25, 0.3) is 28.0 Å². The van der Waals surface area contributed by atoms with Crippen LogP contribution in [0.4, 0.5) is 13.2 Å². The Morgan fingerprint density at radius 2 is 1.68 bits per heavy atom. The molecule has 126 valence electrons. The van der Waals surface area contributed by atoms with Crippen LogP contribution in [0.15, 0.2) is 73.3 Å². The van der Waals surface area contributed by atoms with Gasteiger partial charge in [-0.25, -0.2) is 4.39 Å². The predicted octanol–water partition coefficient (Wildman–Crippen LogP) is 7.00. The molecule has 0 nitrogen and oxygen atoms in total. The Kier molecular flexibility index (Phi) is 5.03. The van der Waals surface area contributed by atoms with Crippen molar-refractivity contribution in [3.63, 3.8) is 0 Å². The highest BCUT2D eigenvalue weighted by Crippen LogP contribution is 2.28. The van der Waals surface area contributed by atoms with Gasteiger partial charge in [0, 0.05) is 11.6 Å². The van der Waals surface area contributed by atoms with E-state index in [1.165, 1.54) is 0 Å². The number of benzene rings is 3. The van der Waals surface area contributed by atoms with Crippen molar-refractivity contribution in [1.29, 1.82) is 0 Å². The van der Waals surface area contributed by atoms with Gasteiger partial charge in [0.2, 0.25) is 0 Å². The summed E-state index contributed by atoms with van der Waals surface area (Å²) >= 11 is 0. The van der Waals surface area contributed by atoms with E-state index in [0.717, 1.165) is 40.8 Å². The summed E-state index contributed by atoms with van der Waals surface area (Å²) in [4.78, 5) is 0. The maximum absolute atomic E-state index is 14.5. The average molecular weight is 338 g/mol. The summed E-state index contributed by atoms with van der Waals surface area (Å²) in [6.07, 6.45) is 2.49. The van der Waals surface area contributed by atoms with Gasteiger partial charge in [-0.1, -0.05) is 42.5 Å². The summed E-state index contributed by atoms with van der Waals surface area (Å²) in [6.45, 7) is 3.68. The molecule has 0 bridgehead atoms. The Morgan fingerprint density at radius 3 is 2.40 bits per heavy atom. The maximum Gasteiger partial charge on any atom is 0.270 e. The van der Waals surface area contributed by atoms with Crippen molar-refractivity contribution in [2.75, 3.05) is 0 Å². The lowest BCUT2D eigenvalue weighted by atomic mass is 9.98. The fourth-order valence-corrected chi connectivity index (χ4v) is 2.86. The zero-order valence-corrected chi connectivity index (χ0v) is 13.6. The van der Waals surface area contributed by atoms with Crippen LogP contribution in [0.2, 0.25) is 0 Å². The van der Waals surface area contributed by atoms with E-state index in [9.17, 15) is 13.2 Å². The summed E-state index contributed by atoms with van der Waals surface area (Å²) in [5.74, 6) is -0.264. The highest BCUT2D eigenvalue weighted by atomic mass is 19.3. The highest BCUT2D eigenvalue weighted by Gasteiger charge is 2.07. The molecule has 0 aromatic heterocycles. The number of fused-ring (bicyclic) bond motifs is 1. The zero-order valence-electron chi connectivity index (χ0n) is 13.6. The summed E-state index contributed by atoms with van der Waals surface area (Å²) in [5.41, 5.74) is 2.67. The van der Waals surface area contributed by atoms with Crippen LogP contribution < -0.4 is 0 Å². The van der Waals surface area contributed by atoms with Gasteiger partial charge in [-0.2, -0.15) is 8.78 Å². The third-order valence-corrected chi connectivity index (χ3v) is 4.12. The summed E-state index contributed by atoms with van der Waals surface area (Å²) in [7, 11) is 0. The molecule has 0 fully saturated rings. The molecule has 0 spiro atoms. The molecule has 0 aliphatic heterocycles.